The van der Waals surface area contributed by atoms with Crippen molar-refractivity contribution >= 4 is 5.91 Å². The van der Waals surface area contributed by atoms with Crippen LogP contribution in [0.2, 0.25) is 0 Å². The largest absolute Gasteiger partial charge is 0.390 e. The Morgan fingerprint density at radius 3 is 2.42 bits per heavy atom. The van der Waals surface area contributed by atoms with Crippen molar-refractivity contribution in [3.05, 3.63) is 0 Å². The van der Waals surface area contributed by atoms with E-state index in [0.29, 0.717) is 19.6 Å². The van der Waals surface area contributed by atoms with Crippen LogP contribution in [0.4, 0.5) is 0 Å². The van der Waals surface area contributed by atoms with E-state index in [4.69, 9.17) is 0 Å². The van der Waals surface area contributed by atoms with E-state index in [0.717, 1.165) is 19.0 Å². The lowest BCUT2D eigenvalue weighted by molar-refractivity contribution is -0.129. The molecule has 0 saturated carbocycles. The molecular weight excluding hydrogens is 242 g/mol. The van der Waals surface area contributed by atoms with Gasteiger partial charge in [-0.25, -0.2) is 0 Å². The number of aliphatic hydroxyl groups excluding tert-OH is 1. The molecule has 1 aliphatic heterocycles. The monoisotopic (exact) mass is 271 g/mol. The van der Waals surface area contributed by atoms with Crippen LogP contribution in [0.15, 0.2) is 0 Å². The fourth-order valence-corrected chi connectivity index (χ4v) is 2.40. The molecule has 0 aromatic heterocycles. The lowest BCUT2D eigenvalue weighted by Gasteiger charge is -2.32. The van der Waals surface area contributed by atoms with Crippen molar-refractivity contribution in [3.8, 4) is 0 Å². The number of carbonyl (C=O) groups is 1. The zero-order valence-corrected chi connectivity index (χ0v) is 12.8. The average molecular weight is 271 g/mol. The number of carbonyl (C=O) groups excluding carboxylic acids is 1. The van der Waals surface area contributed by atoms with Gasteiger partial charge in [0.25, 0.3) is 0 Å². The maximum atomic E-state index is 11.6. The number of rotatable bonds is 6. The van der Waals surface area contributed by atoms with Crippen LogP contribution in [0.3, 0.4) is 0 Å². The fourth-order valence-electron chi connectivity index (χ4n) is 2.40. The second-order valence-electron chi connectivity index (χ2n) is 6.12. The molecule has 0 aliphatic carbocycles. The van der Waals surface area contributed by atoms with E-state index in [9.17, 15) is 9.90 Å². The van der Waals surface area contributed by atoms with Gasteiger partial charge < -0.3 is 14.9 Å². The zero-order valence-electron chi connectivity index (χ0n) is 12.8. The number of likely N-dealkylation sites (tertiary alicyclic amines) is 1. The van der Waals surface area contributed by atoms with Gasteiger partial charge in [-0.05, 0) is 38.9 Å². The van der Waals surface area contributed by atoms with Crippen LogP contribution >= 0.6 is 0 Å². The predicted molar refractivity (Wildman–Crippen MR) is 77.0 cm³/mol. The Kier molecular flexibility index (Phi) is 6.75. The van der Waals surface area contributed by atoms with Gasteiger partial charge in [0.15, 0.2) is 0 Å². The topological polar surface area (TPSA) is 47.0 Å². The summed E-state index contributed by atoms with van der Waals surface area (Å²) in [5, 5.41) is 10.1. The molecule has 1 saturated heterocycles. The molecule has 0 spiro atoms. The standard InChI is InChI=1S/C14H29N3O2/c1-12-5-7-17(8-6-12)10-13(18)9-16(4)11-14(19)15(2)3/h12-13,18H,5-11H2,1-4H3. The van der Waals surface area contributed by atoms with Gasteiger partial charge in [0.2, 0.25) is 5.91 Å². The van der Waals surface area contributed by atoms with Crippen molar-refractivity contribution in [2.75, 3.05) is 53.9 Å². The third-order valence-electron chi connectivity index (χ3n) is 3.77. The number of piperidine rings is 1. The Morgan fingerprint density at radius 2 is 1.89 bits per heavy atom. The molecule has 1 aliphatic rings. The summed E-state index contributed by atoms with van der Waals surface area (Å²) in [6.07, 6.45) is 2.07. The molecule has 1 unspecified atom stereocenters. The van der Waals surface area contributed by atoms with Crippen molar-refractivity contribution in [1.29, 1.82) is 0 Å². The molecule has 5 heteroatoms. The van der Waals surface area contributed by atoms with Crippen LogP contribution in [0.5, 0.6) is 0 Å². The van der Waals surface area contributed by atoms with Crippen LogP contribution in [0, 0.1) is 5.92 Å². The Balaban J connectivity index is 2.23. The van der Waals surface area contributed by atoms with Gasteiger partial charge in [-0.15, -0.1) is 0 Å². The number of likely N-dealkylation sites (N-methyl/N-ethyl adjacent to an activating group) is 2. The second kappa shape index (κ2) is 7.82. The first-order valence-electron chi connectivity index (χ1n) is 7.17. The maximum absolute atomic E-state index is 11.6. The Labute approximate surface area is 117 Å². The van der Waals surface area contributed by atoms with Crippen molar-refractivity contribution in [1.82, 2.24) is 14.7 Å². The molecule has 1 rings (SSSR count). The number of aliphatic hydroxyl groups is 1. The summed E-state index contributed by atoms with van der Waals surface area (Å²) in [6.45, 7) is 6.07. The summed E-state index contributed by atoms with van der Waals surface area (Å²) in [4.78, 5) is 17.3. The zero-order chi connectivity index (χ0) is 14.4. The Morgan fingerprint density at radius 1 is 1.32 bits per heavy atom. The minimum atomic E-state index is -0.381. The summed E-state index contributed by atoms with van der Waals surface area (Å²) >= 11 is 0. The average Bonchev–Trinajstić information content (AvgIpc) is 2.31. The fraction of sp³-hybridized carbons (Fsp3) is 0.929. The van der Waals surface area contributed by atoms with Gasteiger partial charge in [0, 0.05) is 27.2 Å². The number of β-amino-alcohol motifs (C(OH)–C–C–N with tert-alkyl or cyclic N) is 1. The maximum Gasteiger partial charge on any atom is 0.236 e. The molecule has 112 valence electrons. The molecular formula is C14H29N3O2. The van der Waals surface area contributed by atoms with Gasteiger partial charge in [-0.2, -0.15) is 0 Å². The van der Waals surface area contributed by atoms with E-state index in [1.807, 2.05) is 11.9 Å². The Hall–Kier alpha value is -0.650. The minimum Gasteiger partial charge on any atom is -0.390 e. The molecule has 1 heterocycles. The molecule has 0 bridgehead atoms. The molecule has 1 atom stereocenters. The SMILES string of the molecule is CC1CCN(CC(O)CN(C)CC(=O)N(C)C)CC1. The van der Waals surface area contributed by atoms with Gasteiger partial charge in [0.1, 0.15) is 0 Å². The molecule has 1 amide bonds. The Bertz CT molecular complexity index is 276. The first-order chi connectivity index (χ1) is 8.88. The third kappa shape index (κ3) is 6.36. The van der Waals surface area contributed by atoms with Crippen molar-refractivity contribution in [3.63, 3.8) is 0 Å². The number of nitrogens with zero attached hydrogens (tertiary/aromatic N) is 3. The smallest absolute Gasteiger partial charge is 0.236 e. The van der Waals surface area contributed by atoms with Gasteiger partial charge in [-0.1, -0.05) is 6.92 Å². The highest BCUT2D eigenvalue weighted by atomic mass is 16.3. The van der Waals surface area contributed by atoms with E-state index in [2.05, 4.69) is 11.8 Å². The van der Waals surface area contributed by atoms with E-state index in [1.165, 1.54) is 12.8 Å². The summed E-state index contributed by atoms with van der Waals surface area (Å²) in [5.74, 6) is 0.885. The van der Waals surface area contributed by atoms with Gasteiger partial charge in [0.05, 0.1) is 12.6 Å². The lowest BCUT2D eigenvalue weighted by atomic mass is 9.99. The van der Waals surface area contributed by atoms with Crippen molar-refractivity contribution in [2.24, 2.45) is 5.92 Å². The van der Waals surface area contributed by atoms with Crippen molar-refractivity contribution in [2.45, 2.75) is 25.9 Å². The summed E-state index contributed by atoms with van der Waals surface area (Å²) < 4.78 is 0. The van der Waals surface area contributed by atoms with Gasteiger partial charge in [-0.3, -0.25) is 9.69 Å². The number of amides is 1. The lowest BCUT2D eigenvalue weighted by Crippen LogP contribution is -2.44. The van der Waals surface area contributed by atoms with E-state index >= 15 is 0 Å². The van der Waals surface area contributed by atoms with Crippen LogP contribution in [-0.2, 0) is 4.79 Å². The third-order valence-corrected chi connectivity index (χ3v) is 3.77. The summed E-state index contributed by atoms with van der Waals surface area (Å²) in [7, 11) is 5.38. The summed E-state index contributed by atoms with van der Waals surface area (Å²) in [5.41, 5.74) is 0. The van der Waals surface area contributed by atoms with Gasteiger partial charge >= 0.3 is 0 Å². The van der Waals surface area contributed by atoms with Crippen LogP contribution in [-0.4, -0.2) is 85.7 Å². The van der Waals surface area contributed by atoms with E-state index < -0.39 is 0 Å². The molecule has 0 aromatic rings. The molecule has 0 aromatic carbocycles. The molecule has 1 fully saturated rings. The normalized spacial score (nSPS) is 19.7. The highest BCUT2D eigenvalue weighted by Crippen LogP contribution is 2.15. The molecule has 0 radical (unpaired) electrons. The highest BCUT2D eigenvalue weighted by molar-refractivity contribution is 5.77. The first-order valence-corrected chi connectivity index (χ1v) is 7.17. The molecule has 19 heavy (non-hydrogen) atoms. The second-order valence-corrected chi connectivity index (χ2v) is 6.12. The van der Waals surface area contributed by atoms with Crippen LogP contribution in [0.25, 0.3) is 0 Å². The van der Waals surface area contributed by atoms with E-state index in [-0.39, 0.29) is 12.0 Å². The minimum absolute atomic E-state index is 0.0708. The molecule has 1 N–H and O–H groups in total. The van der Waals surface area contributed by atoms with Crippen molar-refractivity contribution < 1.29 is 9.90 Å². The van der Waals surface area contributed by atoms with Crippen LogP contribution < -0.4 is 0 Å². The van der Waals surface area contributed by atoms with E-state index in [1.54, 1.807) is 19.0 Å². The predicted octanol–water partition coefficient (Wildman–Crippen LogP) is 0.0992. The highest BCUT2D eigenvalue weighted by Gasteiger charge is 2.19. The first kappa shape index (κ1) is 16.4. The summed E-state index contributed by atoms with van der Waals surface area (Å²) in [6, 6.07) is 0. The quantitative estimate of drug-likeness (QED) is 0.744. The number of hydrogen-bond acceptors (Lipinski definition) is 4. The molecule has 5 nitrogen and oxygen atoms in total. The number of hydrogen-bond donors (Lipinski definition) is 1. The van der Waals surface area contributed by atoms with Crippen LogP contribution in [0.1, 0.15) is 19.8 Å².